The van der Waals surface area contributed by atoms with Crippen LogP contribution in [-0.4, -0.2) is 38.7 Å². The Morgan fingerprint density at radius 2 is 2.08 bits per heavy atom. The number of nitrogens with one attached hydrogen (secondary N) is 1. The van der Waals surface area contributed by atoms with Crippen molar-refractivity contribution < 1.29 is 0 Å². The van der Waals surface area contributed by atoms with Gasteiger partial charge in [-0.15, -0.1) is 0 Å². The Morgan fingerprint density at radius 1 is 1.12 bits per heavy atom. The summed E-state index contributed by atoms with van der Waals surface area (Å²) in [6.07, 6.45) is 8.57. The molecule has 0 aliphatic carbocycles. The van der Waals surface area contributed by atoms with Crippen LogP contribution in [0.4, 0.5) is 0 Å². The fourth-order valence-corrected chi connectivity index (χ4v) is 4.03. The van der Waals surface area contributed by atoms with E-state index in [2.05, 4.69) is 50.3 Å². The second kappa shape index (κ2) is 6.65. The van der Waals surface area contributed by atoms with Gasteiger partial charge in [0.1, 0.15) is 0 Å². The molecule has 2 aliphatic rings. The summed E-state index contributed by atoms with van der Waals surface area (Å²) in [4.78, 5) is 19.9. The molecule has 0 atom stereocenters. The maximum Gasteiger partial charge on any atom is 0.173 e. The smallest absolute Gasteiger partial charge is 0.173 e. The van der Waals surface area contributed by atoms with Gasteiger partial charge in [-0.3, -0.25) is 9.89 Å². The topological polar surface area (TPSA) is 57.2 Å². The molecule has 0 amide bonds. The zero-order valence-corrected chi connectivity index (χ0v) is 14.9. The standard InChI is InChI=1S/C21H23N5/c1-2-6-19-17(5-1)15(11-23-19)13-26-10-8-18-16(14-26)12-24-21(25-18)20-7-3-4-9-22-20/h1-2,5-6,11-12,23H,3-4,7-10,13-14H2. The molecule has 132 valence electrons. The van der Waals surface area contributed by atoms with Crippen LogP contribution in [0.3, 0.4) is 0 Å². The number of H-pyrrole nitrogens is 1. The normalized spacial score (nSPS) is 17.9. The van der Waals surface area contributed by atoms with Crippen LogP contribution >= 0.6 is 0 Å². The van der Waals surface area contributed by atoms with E-state index in [1.807, 2.05) is 6.20 Å². The number of nitrogens with zero attached hydrogens (tertiary/aromatic N) is 4. The molecule has 0 spiro atoms. The van der Waals surface area contributed by atoms with Gasteiger partial charge in [0, 0.05) is 61.5 Å². The van der Waals surface area contributed by atoms with Crippen LogP contribution in [0, 0.1) is 0 Å². The van der Waals surface area contributed by atoms with Crippen molar-refractivity contribution in [3.05, 3.63) is 59.3 Å². The summed E-state index contributed by atoms with van der Waals surface area (Å²) in [6, 6.07) is 8.51. The van der Waals surface area contributed by atoms with Crippen molar-refractivity contribution in [1.29, 1.82) is 0 Å². The molecular formula is C21H23N5. The van der Waals surface area contributed by atoms with Crippen molar-refractivity contribution in [1.82, 2.24) is 19.9 Å². The van der Waals surface area contributed by atoms with Gasteiger partial charge in [0.2, 0.25) is 0 Å². The first kappa shape index (κ1) is 15.7. The van der Waals surface area contributed by atoms with E-state index in [9.17, 15) is 0 Å². The van der Waals surface area contributed by atoms with Crippen molar-refractivity contribution in [2.75, 3.05) is 13.1 Å². The summed E-state index contributed by atoms with van der Waals surface area (Å²) < 4.78 is 0. The molecule has 0 saturated heterocycles. The van der Waals surface area contributed by atoms with Gasteiger partial charge in [0.25, 0.3) is 0 Å². The van der Waals surface area contributed by atoms with Crippen LogP contribution in [0.15, 0.2) is 41.7 Å². The largest absolute Gasteiger partial charge is 0.361 e. The Hall–Kier alpha value is -2.53. The average molecular weight is 345 g/mol. The average Bonchev–Trinajstić information content (AvgIpc) is 3.11. The first-order valence-electron chi connectivity index (χ1n) is 9.53. The highest BCUT2D eigenvalue weighted by atomic mass is 15.1. The van der Waals surface area contributed by atoms with Crippen LogP contribution in [0.2, 0.25) is 0 Å². The van der Waals surface area contributed by atoms with Crippen molar-refractivity contribution in [2.24, 2.45) is 4.99 Å². The van der Waals surface area contributed by atoms with E-state index in [0.717, 1.165) is 50.6 Å². The van der Waals surface area contributed by atoms with E-state index in [4.69, 9.17) is 4.98 Å². The zero-order chi connectivity index (χ0) is 17.3. The first-order valence-corrected chi connectivity index (χ1v) is 9.53. The first-order chi connectivity index (χ1) is 12.9. The molecule has 0 bridgehead atoms. The maximum atomic E-state index is 4.84. The predicted molar refractivity (Wildman–Crippen MR) is 103 cm³/mol. The fraction of sp³-hybridized carbons (Fsp3) is 0.381. The van der Waals surface area contributed by atoms with Gasteiger partial charge in [0.15, 0.2) is 5.82 Å². The minimum atomic E-state index is 0.855. The number of fused-ring (bicyclic) bond motifs is 2. The van der Waals surface area contributed by atoms with Crippen molar-refractivity contribution in [3.8, 4) is 0 Å². The lowest BCUT2D eigenvalue weighted by Crippen LogP contribution is -2.31. The zero-order valence-electron chi connectivity index (χ0n) is 14.9. The summed E-state index contributed by atoms with van der Waals surface area (Å²) in [7, 11) is 0. The van der Waals surface area contributed by atoms with Crippen LogP contribution in [0.5, 0.6) is 0 Å². The van der Waals surface area contributed by atoms with Crippen molar-refractivity contribution in [2.45, 2.75) is 38.8 Å². The van der Waals surface area contributed by atoms with Crippen molar-refractivity contribution in [3.63, 3.8) is 0 Å². The Balaban J connectivity index is 1.34. The number of hydrogen-bond acceptors (Lipinski definition) is 4. The molecule has 5 rings (SSSR count). The van der Waals surface area contributed by atoms with Gasteiger partial charge >= 0.3 is 0 Å². The SMILES string of the molecule is c1ccc2c(CN3CCc4nc(C5=NCCCC5)ncc4C3)c[nH]c2c1. The van der Waals surface area contributed by atoms with E-state index in [1.165, 1.54) is 40.6 Å². The quantitative estimate of drug-likeness (QED) is 0.790. The number of aromatic amines is 1. The van der Waals surface area contributed by atoms with E-state index in [-0.39, 0.29) is 0 Å². The molecule has 0 unspecified atom stereocenters. The van der Waals surface area contributed by atoms with E-state index in [1.54, 1.807) is 0 Å². The highest BCUT2D eigenvalue weighted by molar-refractivity contribution is 5.97. The molecule has 3 aromatic rings. The molecule has 2 aliphatic heterocycles. The molecular weight excluding hydrogens is 322 g/mol. The van der Waals surface area contributed by atoms with Gasteiger partial charge in [-0.2, -0.15) is 0 Å². The molecule has 4 heterocycles. The second-order valence-corrected chi connectivity index (χ2v) is 7.27. The van der Waals surface area contributed by atoms with Crippen LogP contribution in [0.25, 0.3) is 10.9 Å². The Kier molecular flexibility index (Phi) is 4.02. The monoisotopic (exact) mass is 345 g/mol. The molecule has 1 aromatic carbocycles. The molecule has 2 aromatic heterocycles. The number of aliphatic imine (C=N–C) groups is 1. The third kappa shape index (κ3) is 2.92. The molecule has 26 heavy (non-hydrogen) atoms. The Bertz CT molecular complexity index is 971. The lowest BCUT2D eigenvalue weighted by Gasteiger charge is -2.28. The molecule has 0 saturated carbocycles. The third-order valence-electron chi connectivity index (χ3n) is 5.46. The summed E-state index contributed by atoms with van der Waals surface area (Å²) in [5, 5.41) is 1.32. The Labute approximate surface area is 153 Å². The van der Waals surface area contributed by atoms with Crippen LogP contribution in [0.1, 0.15) is 41.9 Å². The summed E-state index contributed by atoms with van der Waals surface area (Å²) >= 11 is 0. The van der Waals surface area contributed by atoms with Gasteiger partial charge in [-0.1, -0.05) is 18.2 Å². The molecule has 1 N–H and O–H groups in total. The second-order valence-electron chi connectivity index (χ2n) is 7.27. The van der Waals surface area contributed by atoms with Crippen LogP contribution in [-0.2, 0) is 19.5 Å². The highest BCUT2D eigenvalue weighted by Gasteiger charge is 2.21. The lowest BCUT2D eigenvalue weighted by molar-refractivity contribution is 0.243. The fourth-order valence-electron chi connectivity index (χ4n) is 4.03. The van der Waals surface area contributed by atoms with E-state index >= 15 is 0 Å². The number of rotatable bonds is 3. The number of benzene rings is 1. The summed E-state index contributed by atoms with van der Waals surface area (Å²) in [6.45, 7) is 3.84. The summed E-state index contributed by atoms with van der Waals surface area (Å²) in [5.41, 5.74) is 6.13. The highest BCUT2D eigenvalue weighted by Crippen LogP contribution is 2.23. The lowest BCUT2D eigenvalue weighted by atomic mass is 10.0. The number of aromatic nitrogens is 3. The molecule has 5 heteroatoms. The van der Waals surface area contributed by atoms with Gasteiger partial charge in [-0.25, -0.2) is 9.97 Å². The van der Waals surface area contributed by atoms with E-state index in [0.29, 0.717) is 0 Å². The van der Waals surface area contributed by atoms with Gasteiger partial charge in [0.05, 0.1) is 11.4 Å². The predicted octanol–water partition coefficient (Wildman–Crippen LogP) is 3.49. The molecule has 5 nitrogen and oxygen atoms in total. The van der Waals surface area contributed by atoms with Gasteiger partial charge < -0.3 is 4.98 Å². The maximum absolute atomic E-state index is 4.84. The molecule has 0 radical (unpaired) electrons. The van der Waals surface area contributed by atoms with E-state index < -0.39 is 0 Å². The third-order valence-corrected chi connectivity index (χ3v) is 5.46. The molecule has 0 fully saturated rings. The minimum Gasteiger partial charge on any atom is -0.361 e. The van der Waals surface area contributed by atoms with Crippen LogP contribution < -0.4 is 0 Å². The van der Waals surface area contributed by atoms with Crippen molar-refractivity contribution >= 4 is 16.6 Å². The Morgan fingerprint density at radius 3 is 3.00 bits per heavy atom. The van der Waals surface area contributed by atoms with Gasteiger partial charge in [-0.05, 0) is 30.9 Å². The number of hydrogen-bond donors (Lipinski definition) is 1. The summed E-state index contributed by atoms with van der Waals surface area (Å²) in [5.74, 6) is 0.855. The minimum absolute atomic E-state index is 0.855. The number of para-hydroxylation sites is 1.